The van der Waals surface area contributed by atoms with Gasteiger partial charge in [0.15, 0.2) is 0 Å². The fourth-order valence-corrected chi connectivity index (χ4v) is 5.10. The van der Waals surface area contributed by atoms with E-state index in [1.165, 1.54) is 17.7 Å². The van der Waals surface area contributed by atoms with Crippen LogP contribution in [0.25, 0.3) is 0 Å². The quantitative estimate of drug-likeness (QED) is 0.537. The largest absolute Gasteiger partial charge is 0.471 e. The Labute approximate surface area is 209 Å². The highest BCUT2D eigenvalue weighted by atomic mass is 35.5. The van der Waals surface area contributed by atoms with E-state index < -0.39 is 41.9 Å². The third-order valence-corrected chi connectivity index (χ3v) is 7.44. The van der Waals surface area contributed by atoms with Gasteiger partial charge in [-0.2, -0.15) is 13.2 Å². The van der Waals surface area contributed by atoms with Crippen molar-refractivity contribution >= 4 is 46.3 Å². The Morgan fingerprint density at radius 1 is 1.11 bits per heavy atom. The highest BCUT2D eigenvalue weighted by Crippen LogP contribution is 2.36. The van der Waals surface area contributed by atoms with E-state index in [9.17, 15) is 27.6 Å². The molecular formula is C23H24ClF3N4O3S. The molecule has 1 aromatic heterocycles. The van der Waals surface area contributed by atoms with E-state index in [2.05, 4.69) is 15.5 Å². The second-order valence-electron chi connectivity index (χ2n) is 8.81. The zero-order valence-electron chi connectivity index (χ0n) is 18.7. The van der Waals surface area contributed by atoms with Crippen LogP contribution in [0.4, 0.5) is 18.9 Å². The lowest BCUT2D eigenvalue weighted by atomic mass is 10.0. The SMILES string of the molecule is CN1CCc2ccc(NC(=O)[C@H](NC(=O)c3ccc(Cl)s3)C3CC3NC(=O)C(F)(F)F)cc2CC1. The zero-order valence-corrected chi connectivity index (χ0v) is 20.3. The molecule has 3 atom stereocenters. The molecule has 0 saturated heterocycles. The summed E-state index contributed by atoms with van der Waals surface area (Å²) in [5, 5.41) is 7.29. The fraction of sp³-hybridized carbons (Fsp3) is 0.435. The molecule has 2 aliphatic rings. The number of hydrogen-bond acceptors (Lipinski definition) is 5. The molecule has 1 aliphatic heterocycles. The lowest BCUT2D eigenvalue weighted by Gasteiger charge is -2.19. The molecule has 1 aliphatic carbocycles. The normalized spacial score (nSPS) is 20.8. The Morgan fingerprint density at radius 3 is 2.49 bits per heavy atom. The molecule has 1 fully saturated rings. The van der Waals surface area contributed by atoms with Gasteiger partial charge in [0.2, 0.25) is 5.91 Å². The number of rotatable bonds is 6. The Hall–Kier alpha value is -2.63. The maximum absolute atomic E-state index is 13.2. The molecule has 2 unspecified atom stereocenters. The van der Waals surface area contributed by atoms with Crippen LogP contribution in [0.15, 0.2) is 30.3 Å². The van der Waals surface area contributed by atoms with Crippen LogP contribution in [0.1, 0.15) is 27.2 Å². The van der Waals surface area contributed by atoms with Gasteiger partial charge in [-0.3, -0.25) is 14.4 Å². The highest BCUT2D eigenvalue weighted by Gasteiger charge is 2.51. The maximum Gasteiger partial charge on any atom is 0.471 e. The Balaban J connectivity index is 1.49. The molecule has 7 nitrogen and oxygen atoms in total. The van der Waals surface area contributed by atoms with Crippen LogP contribution in [0, 0.1) is 5.92 Å². The van der Waals surface area contributed by atoms with E-state index in [1.807, 2.05) is 24.5 Å². The van der Waals surface area contributed by atoms with Crippen molar-refractivity contribution in [3.05, 3.63) is 50.7 Å². The van der Waals surface area contributed by atoms with Gasteiger partial charge >= 0.3 is 12.1 Å². The molecule has 0 bridgehead atoms. The van der Waals surface area contributed by atoms with E-state index >= 15 is 0 Å². The van der Waals surface area contributed by atoms with Crippen LogP contribution in [-0.4, -0.2) is 61.0 Å². The van der Waals surface area contributed by atoms with E-state index in [-0.39, 0.29) is 11.3 Å². The summed E-state index contributed by atoms with van der Waals surface area (Å²) < 4.78 is 38.4. The first-order chi connectivity index (χ1) is 16.5. The summed E-state index contributed by atoms with van der Waals surface area (Å²) >= 11 is 6.91. The number of benzene rings is 1. The van der Waals surface area contributed by atoms with Crippen LogP contribution >= 0.6 is 22.9 Å². The first-order valence-electron chi connectivity index (χ1n) is 11.1. The third kappa shape index (κ3) is 6.33. The number of nitrogens with zero attached hydrogens (tertiary/aromatic N) is 1. The van der Waals surface area contributed by atoms with Crippen molar-refractivity contribution in [2.75, 3.05) is 25.5 Å². The number of fused-ring (bicyclic) bond motifs is 1. The number of alkyl halides is 3. The number of likely N-dealkylation sites (N-methyl/N-ethyl adjacent to an activating group) is 1. The number of halogens is 4. The molecule has 0 radical (unpaired) electrons. The Morgan fingerprint density at radius 2 is 1.83 bits per heavy atom. The maximum atomic E-state index is 13.2. The molecule has 188 valence electrons. The molecular weight excluding hydrogens is 505 g/mol. The van der Waals surface area contributed by atoms with Gasteiger partial charge in [0.05, 0.1) is 9.21 Å². The van der Waals surface area contributed by atoms with Crippen LogP contribution < -0.4 is 16.0 Å². The minimum absolute atomic E-state index is 0.127. The molecule has 1 saturated carbocycles. The molecule has 3 amide bonds. The molecule has 12 heteroatoms. The third-order valence-electron chi connectivity index (χ3n) is 6.21. The second kappa shape index (κ2) is 10.2. The number of nitrogens with one attached hydrogen (secondary N) is 3. The number of amides is 3. The minimum Gasteiger partial charge on any atom is -0.345 e. The predicted octanol–water partition coefficient (Wildman–Crippen LogP) is 3.24. The lowest BCUT2D eigenvalue weighted by molar-refractivity contribution is -0.173. The van der Waals surface area contributed by atoms with Gasteiger partial charge in [-0.25, -0.2) is 0 Å². The van der Waals surface area contributed by atoms with E-state index in [0.717, 1.165) is 42.8 Å². The number of hydrogen-bond donors (Lipinski definition) is 3. The topological polar surface area (TPSA) is 90.5 Å². The fourth-order valence-electron chi connectivity index (χ4n) is 4.15. The number of carbonyl (C=O) groups is 3. The van der Waals surface area contributed by atoms with Crippen molar-refractivity contribution in [2.45, 2.75) is 37.5 Å². The van der Waals surface area contributed by atoms with Crippen molar-refractivity contribution in [2.24, 2.45) is 5.92 Å². The van der Waals surface area contributed by atoms with Gasteiger partial charge < -0.3 is 20.9 Å². The molecule has 3 N–H and O–H groups in total. The van der Waals surface area contributed by atoms with Crippen molar-refractivity contribution in [1.82, 2.24) is 15.5 Å². The molecule has 2 heterocycles. The molecule has 0 spiro atoms. The molecule has 2 aromatic rings. The summed E-state index contributed by atoms with van der Waals surface area (Å²) in [6.07, 6.45) is -3.19. The van der Waals surface area contributed by atoms with Gasteiger partial charge in [0, 0.05) is 30.7 Å². The smallest absolute Gasteiger partial charge is 0.345 e. The molecule has 1 aromatic carbocycles. The summed E-state index contributed by atoms with van der Waals surface area (Å²) in [6.45, 7) is 1.82. The predicted molar refractivity (Wildman–Crippen MR) is 127 cm³/mol. The Kier molecular flexibility index (Phi) is 7.39. The standard InChI is InChI=1S/C23H24ClF3N4O3S/c1-31-8-6-12-2-3-14(10-13(12)7-9-31)28-21(33)19(30-20(32)17-4-5-18(24)35-17)15-11-16(15)29-22(34)23(25,26)27/h2-5,10,15-16,19H,6-9,11H2,1H3,(H,28,33)(H,29,34)(H,30,32)/t15?,16?,19-/m1/s1. The van der Waals surface area contributed by atoms with Crippen LogP contribution in [-0.2, 0) is 22.4 Å². The van der Waals surface area contributed by atoms with Crippen molar-refractivity contribution in [3.8, 4) is 0 Å². The summed E-state index contributed by atoms with van der Waals surface area (Å²) in [5.74, 6) is -3.90. The number of anilines is 1. The first kappa shape index (κ1) is 25.5. The molecule has 4 rings (SSSR count). The van der Waals surface area contributed by atoms with Crippen LogP contribution in [0.3, 0.4) is 0 Å². The first-order valence-corrected chi connectivity index (χ1v) is 12.3. The van der Waals surface area contributed by atoms with Gasteiger partial charge in [-0.1, -0.05) is 17.7 Å². The van der Waals surface area contributed by atoms with Crippen LogP contribution in [0.5, 0.6) is 0 Å². The van der Waals surface area contributed by atoms with Gasteiger partial charge in [0.1, 0.15) is 6.04 Å². The van der Waals surface area contributed by atoms with Crippen molar-refractivity contribution < 1.29 is 27.6 Å². The number of carbonyl (C=O) groups excluding carboxylic acids is 3. The number of thiophene rings is 1. The monoisotopic (exact) mass is 528 g/mol. The van der Waals surface area contributed by atoms with Gasteiger partial charge in [-0.05, 0) is 61.7 Å². The van der Waals surface area contributed by atoms with Gasteiger partial charge in [0.25, 0.3) is 5.91 Å². The zero-order chi connectivity index (χ0) is 25.3. The summed E-state index contributed by atoms with van der Waals surface area (Å²) in [4.78, 5) is 39.7. The van der Waals surface area contributed by atoms with E-state index in [1.54, 1.807) is 6.07 Å². The van der Waals surface area contributed by atoms with E-state index in [4.69, 9.17) is 11.6 Å². The lowest BCUT2D eigenvalue weighted by Crippen LogP contribution is -2.47. The average Bonchev–Trinajstić information content (AvgIpc) is 3.45. The average molecular weight is 529 g/mol. The minimum atomic E-state index is -5.03. The second-order valence-corrected chi connectivity index (χ2v) is 10.5. The van der Waals surface area contributed by atoms with Crippen molar-refractivity contribution in [3.63, 3.8) is 0 Å². The van der Waals surface area contributed by atoms with Crippen molar-refractivity contribution in [1.29, 1.82) is 0 Å². The van der Waals surface area contributed by atoms with Crippen LogP contribution in [0.2, 0.25) is 4.34 Å². The van der Waals surface area contributed by atoms with E-state index in [0.29, 0.717) is 10.0 Å². The summed E-state index contributed by atoms with van der Waals surface area (Å²) in [7, 11) is 2.05. The molecule has 35 heavy (non-hydrogen) atoms. The van der Waals surface area contributed by atoms with Gasteiger partial charge in [-0.15, -0.1) is 11.3 Å². The summed E-state index contributed by atoms with van der Waals surface area (Å²) in [5.41, 5.74) is 2.85. The highest BCUT2D eigenvalue weighted by molar-refractivity contribution is 7.18. The summed E-state index contributed by atoms with van der Waals surface area (Å²) in [6, 6.07) is 6.62. The Bertz CT molecular complexity index is 1140.